The molecule has 0 saturated carbocycles. The Bertz CT molecular complexity index is 617. The average Bonchev–Trinajstić information content (AvgIpc) is 2.69. The van der Waals surface area contributed by atoms with E-state index in [0.29, 0.717) is 6.54 Å². The molecule has 2 aromatic rings. The number of benzene rings is 1. The van der Waals surface area contributed by atoms with Gasteiger partial charge in [0.25, 0.3) is 0 Å². The van der Waals surface area contributed by atoms with Crippen LogP contribution in [0.1, 0.15) is 22.5 Å². The molecule has 106 valence electrons. The van der Waals surface area contributed by atoms with Crippen molar-refractivity contribution in [3.8, 4) is 0 Å². The van der Waals surface area contributed by atoms with Gasteiger partial charge in [0.15, 0.2) is 0 Å². The normalized spacial score (nSPS) is 10.6. The number of carbonyl (C=O) groups excluding carboxylic acids is 1. The molecule has 0 fully saturated rings. The maximum atomic E-state index is 11.4. The van der Waals surface area contributed by atoms with Gasteiger partial charge in [0.2, 0.25) is 5.91 Å². The molecule has 0 unspecified atom stereocenters. The highest BCUT2D eigenvalue weighted by Gasteiger charge is 2.13. The van der Waals surface area contributed by atoms with E-state index in [-0.39, 0.29) is 11.8 Å². The van der Waals surface area contributed by atoms with Crippen molar-refractivity contribution in [3.05, 3.63) is 46.8 Å². The largest absolute Gasteiger partial charge is 0.322 e. The van der Waals surface area contributed by atoms with Gasteiger partial charge in [0.05, 0.1) is 23.6 Å². The lowest BCUT2D eigenvalue weighted by molar-refractivity contribution is -0.113. The highest BCUT2D eigenvalue weighted by molar-refractivity contribution is 6.29. The van der Waals surface area contributed by atoms with Crippen LogP contribution in [-0.2, 0) is 11.3 Å². The van der Waals surface area contributed by atoms with E-state index in [0.717, 1.165) is 17.1 Å². The van der Waals surface area contributed by atoms with Crippen molar-refractivity contribution in [2.75, 3.05) is 11.2 Å². The fourth-order valence-electron chi connectivity index (χ4n) is 2.07. The van der Waals surface area contributed by atoms with E-state index in [2.05, 4.69) is 41.6 Å². The molecule has 2 rings (SSSR count). The van der Waals surface area contributed by atoms with Crippen molar-refractivity contribution in [2.24, 2.45) is 0 Å². The Hall–Kier alpha value is -1.81. The van der Waals surface area contributed by atoms with Crippen LogP contribution in [0.5, 0.6) is 0 Å². The van der Waals surface area contributed by atoms with Gasteiger partial charge in [0.1, 0.15) is 5.88 Å². The number of nitrogens with one attached hydrogen (secondary N) is 1. The number of aromatic nitrogens is 2. The fourth-order valence-corrected chi connectivity index (χ4v) is 2.14. The van der Waals surface area contributed by atoms with E-state index in [1.165, 1.54) is 11.1 Å². The molecule has 1 heterocycles. The summed E-state index contributed by atoms with van der Waals surface area (Å²) >= 11 is 5.52. The topological polar surface area (TPSA) is 46.9 Å². The molecule has 0 aliphatic carbocycles. The summed E-state index contributed by atoms with van der Waals surface area (Å²) in [6, 6.07) is 8.33. The Kier molecular flexibility index (Phi) is 4.45. The van der Waals surface area contributed by atoms with E-state index in [4.69, 9.17) is 11.6 Å². The van der Waals surface area contributed by atoms with E-state index in [9.17, 15) is 4.79 Å². The zero-order valence-corrected chi connectivity index (χ0v) is 12.7. The van der Waals surface area contributed by atoms with Crippen LogP contribution in [0.2, 0.25) is 0 Å². The Morgan fingerprint density at radius 2 is 1.90 bits per heavy atom. The van der Waals surface area contributed by atoms with Crippen molar-refractivity contribution in [2.45, 2.75) is 27.3 Å². The van der Waals surface area contributed by atoms with Crippen LogP contribution >= 0.6 is 11.6 Å². The fraction of sp³-hybridized carbons (Fsp3) is 0.333. The number of nitrogens with zero attached hydrogens (tertiary/aromatic N) is 2. The molecule has 0 aliphatic rings. The van der Waals surface area contributed by atoms with Crippen LogP contribution in [0.3, 0.4) is 0 Å². The van der Waals surface area contributed by atoms with Gasteiger partial charge in [0, 0.05) is 0 Å². The lowest BCUT2D eigenvalue weighted by Crippen LogP contribution is -2.14. The number of rotatable bonds is 4. The summed E-state index contributed by atoms with van der Waals surface area (Å²) in [5.74, 6) is -0.269. The number of hydrogen-bond acceptors (Lipinski definition) is 2. The lowest BCUT2D eigenvalue weighted by atomic mass is 10.1. The maximum absolute atomic E-state index is 11.4. The van der Waals surface area contributed by atoms with Crippen LogP contribution in [0.25, 0.3) is 0 Å². The first kappa shape index (κ1) is 14.6. The summed E-state index contributed by atoms with van der Waals surface area (Å²) in [6.45, 7) is 6.57. The molecule has 0 bridgehead atoms. The molecule has 4 nitrogen and oxygen atoms in total. The molecular formula is C15H18ClN3O. The van der Waals surface area contributed by atoms with Gasteiger partial charge in [-0.05, 0) is 26.3 Å². The lowest BCUT2D eigenvalue weighted by Gasteiger charge is -2.06. The molecule has 0 radical (unpaired) electrons. The second-order valence-corrected chi connectivity index (χ2v) is 5.14. The Morgan fingerprint density at radius 1 is 1.25 bits per heavy atom. The molecule has 1 amide bonds. The summed E-state index contributed by atoms with van der Waals surface area (Å²) in [7, 11) is 0. The Balaban J connectivity index is 2.23. The van der Waals surface area contributed by atoms with Crippen molar-refractivity contribution < 1.29 is 4.79 Å². The van der Waals surface area contributed by atoms with Crippen molar-refractivity contribution >= 4 is 23.2 Å². The molecule has 1 aromatic heterocycles. The van der Waals surface area contributed by atoms with Crippen LogP contribution in [0.15, 0.2) is 24.3 Å². The van der Waals surface area contributed by atoms with E-state index < -0.39 is 0 Å². The average molecular weight is 292 g/mol. The van der Waals surface area contributed by atoms with Gasteiger partial charge in [-0.2, -0.15) is 5.10 Å². The second kappa shape index (κ2) is 6.09. The third-order valence-electron chi connectivity index (χ3n) is 3.22. The van der Waals surface area contributed by atoms with Crippen molar-refractivity contribution in [1.29, 1.82) is 0 Å². The quantitative estimate of drug-likeness (QED) is 0.880. The van der Waals surface area contributed by atoms with Gasteiger partial charge in [-0.25, -0.2) is 0 Å². The van der Waals surface area contributed by atoms with E-state index >= 15 is 0 Å². The van der Waals surface area contributed by atoms with Crippen molar-refractivity contribution in [3.63, 3.8) is 0 Å². The molecule has 1 aromatic carbocycles. The minimum absolute atomic E-state index is 0.0535. The van der Waals surface area contributed by atoms with E-state index in [1.807, 2.05) is 18.5 Å². The summed E-state index contributed by atoms with van der Waals surface area (Å²) < 4.78 is 1.89. The highest BCUT2D eigenvalue weighted by Crippen LogP contribution is 2.20. The third-order valence-corrected chi connectivity index (χ3v) is 3.46. The first-order valence-electron chi connectivity index (χ1n) is 6.46. The third kappa shape index (κ3) is 3.20. The standard InChI is InChI=1S/C15H18ClN3O/c1-10-4-6-13(7-5-10)9-19-12(3)15(11(2)18-19)17-14(20)8-16/h4-7H,8-9H2,1-3H3,(H,17,20). The SMILES string of the molecule is Cc1ccc(Cn2nc(C)c(NC(=O)CCl)c2C)cc1. The smallest absolute Gasteiger partial charge is 0.239 e. The molecule has 0 spiro atoms. The molecule has 0 aliphatic heterocycles. The van der Waals surface area contributed by atoms with Crippen LogP contribution in [0.4, 0.5) is 5.69 Å². The molecule has 20 heavy (non-hydrogen) atoms. The predicted octanol–water partition coefficient (Wildman–Crippen LogP) is 3.03. The van der Waals surface area contributed by atoms with E-state index in [1.54, 1.807) is 0 Å². The second-order valence-electron chi connectivity index (χ2n) is 4.87. The molecule has 5 heteroatoms. The zero-order chi connectivity index (χ0) is 14.7. The molecule has 0 atom stereocenters. The van der Waals surface area contributed by atoms with Gasteiger partial charge in [-0.1, -0.05) is 29.8 Å². The monoisotopic (exact) mass is 291 g/mol. The number of anilines is 1. The zero-order valence-electron chi connectivity index (χ0n) is 11.9. The van der Waals surface area contributed by atoms with Crippen molar-refractivity contribution in [1.82, 2.24) is 9.78 Å². The predicted molar refractivity (Wildman–Crippen MR) is 81.3 cm³/mol. The highest BCUT2D eigenvalue weighted by atomic mass is 35.5. The minimum Gasteiger partial charge on any atom is -0.322 e. The van der Waals surface area contributed by atoms with Gasteiger partial charge < -0.3 is 5.32 Å². The van der Waals surface area contributed by atoms with Gasteiger partial charge in [-0.3, -0.25) is 9.48 Å². The number of carbonyl (C=O) groups is 1. The number of aryl methyl sites for hydroxylation is 2. The first-order chi connectivity index (χ1) is 9.51. The Morgan fingerprint density at radius 3 is 2.50 bits per heavy atom. The first-order valence-corrected chi connectivity index (χ1v) is 7.00. The van der Waals surface area contributed by atoms with Crippen LogP contribution < -0.4 is 5.32 Å². The molecule has 0 saturated heterocycles. The summed E-state index contributed by atoms with van der Waals surface area (Å²) in [4.78, 5) is 11.4. The Labute approximate surface area is 123 Å². The van der Waals surface area contributed by atoms with Crippen LogP contribution in [0, 0.1) is 20.8 Å². The summed E-state index contributed by atoms with van der Waals surface area (Å²) in [6.07, 6.45) is 0. The minimum atomic E-state index is -0.215. The number of halogens is 1. The van der Waals surface area contributed by atoms with Gasteiger partial charge in [-0.15, -0.1) is 11.6 Å². The summed E-state index contributed by atoms with van der Waals surface area (Å²) in [5, 5.41) is 7.26. The maximum Gasteiger partial charge on any atom is 0.239 e. The molecule has 1 N–H and O–H groups in total. The number of alkyl halides is 1. The van der Waals surface area contributed by atoms with Gasteiger partial charge >= 0.3 is 0 Å². The summed E-state index contributed by atoms with van der Waals surface area (Å²) in [5.41, 5.74) is 4.89. The molecular weight excluding hydrogens is 274 g/mol. The number of amides is 1. The number of hydrogen-bond donors (Lipinski definition) is 1. The van der Waals surface area contributed by atoms with Crippen LogP contribution in [-0.4, -0.2) is 21.6 Å².